The second-order valence-corrected chi connectivity index (χ2v) is 9.41. The first-order valence-corrected chi connectivity index (χ1v) is 11.7. The van der Waals surface area contributed by atoms with Gasteiger partial charge in [-0.05, 0) is 37.6 Å². The van der Waals surface area contributed by atoms with Crippen molar-refractivity contribution in [2.75, 3.05) is 5.32 Å². The molecule has 0 bridgehead atoms. The van der Waals surface area contributed by atoms with Crippen LogP contribution in [0.4, 0.5) is 5.69 Å². The Morgan fingerprint density at radius 2 is 2.09 bits per heavy atom. The van der Waals surface area contributed by atoms with Gasteiger partial charge in [0.15, 0.2) is 0 Å². The summed E-state index contributed by atoms with van der Waals surface area (Å²) in [5.74, 6) is -0.987. The monoisotopic (exact) mass is 525 g/mol. The highest BCUT2D eigenvalue weighted by molar-refractivity contribution is 9.10. The van der Waals surface area contributed by atoms with E-state index in [2.05, 4.69) is 36.5 Å². The maximum absolute atomic E-state index is 13.5. The third-order valence-electron chi connectivity index (χ3n) is 5.52. The summed E-state index contributed by atoms with van der Waals surface area (Å²) in [5.41, 5.74) is 2.80. The smallest absolute Gasteiger partial charge is 0.264 e. The molecule has 5 rings (SSSR count). The normalized spacial score (nSPS) is 16.2. The Labute approximate surface area is 199 Å². The van der Waals surface area contributed by atoms with Crippen molar-refractivity contribution in [3.05, 3.63) is 62.1 Å². The molecule has 4 aromatic rings. The van der Waals surface area contributed by atoms with Crippen molar-refractivity contribution >= 4 is 71.8 Å². The predicted octanol–water partition coefficient (Wildman–Crippen LogP) is 3.31. The fourth-order valence-electron chi connectivity index (χ4n) is 4.05. The van der Waals surface area contributed by atoms with E-state index in [-0.39, 0.29) is 29.8 Å². The van der Waals surface area contributed by atoms with E-state index in [4.69, 9.17) is 0 Å². The molecule has 2 aromatic heterocycles. The number of rotatable bonds is 3. The summed E-state index contributed by atoms with van der Waals surface area (Å²) in [6.07, 6.45) is 0.332. The average molecular weight is 526 g/mol. The minimum Gasteiger partial charge on any atom is -0.321 e. The summed E-state index contributed by atoms with van der Waals surface area (Å²) in [6.45, 7) is 1.64. The van der Waals surface area contributed by atoms with E-state index in [1.54, 1.807) is 36.7 Å². The van der Waals surface area contributed by atoms with Gasteiger partial charge < -0.3 is 5.32 Å². The molecule has 1 fully saturated rings. The Kier molecular flexibility index (Phi) is 5.29. The number of aromatic nitrogens is 3. The fraction of sp³-hybridized carbons (Fsp3) is 0.182. The SMILES string of the molecule is Cc1nc2cccc(NC(=O)c3cc(Br)cc4scnc34)c2c(=O)n1C1CCC(=O)NC1=O. The number of amides is 3. The Bertz CT molecular complexity index is 1540. The number of thiazole rings is 1. The molecule has 33 heavy (non-hydrogen) atoms. The third kappa shape index (κ3) is 3.72. The van der Waals surface area contributed by atoms with Crippen molar-refractivity contribution in [2.24, 2.45) is 0 Å². The van der Waals surface area contributed by atoms with E-state index in [0.29, 0.717) is 22.4 Å². The molecule has 0 spiro atoms. The van der Waals surface area contributed by atoms with Crippen LogP contribution in [0.15, 0.2) is 45.1 Å². The maximum atomic E-state index is 13.5. The third-order valence-corrected chi connectivity index (χ3v) is 6.76. The molecule has 11 heteroatoms. The van der Waals surface area contributed by atoms with E-state index >= 15 is 0 Å². The van der Waals surface area contributed by atoms with Gasteiger partial charge in [-0.15, -0.1) is 11.3 Å². The number of fused-ring (bicyclic) bond motifs is 2. The van der Waals surface area contributed by atoms with Gasteiger partial charge in [-0.3, -0.25) is 29.1 Å². The first-order chi connectivity index (χ1) is 15.8. The lowest BCUT2D eigenvalue weighted by molar-refractivity contribution is -0.135. The summed E-state index contributed by atoms with van der Waals surface area (Å²) >= 11 is 4.84. The van der Waals surface area contributed by atoms with Crippen LogP contribution in [-0.4, -0.2) is 32.3 Å². The number of nitrogens with zero attached hydrogens (tertiary/aromatic N) is 3. The van der Waals surface area contributed by atoms with Crippen molar-refractivity contribution < 1.29 is 14.4 Å². The van der Waals surface area contributed by atoms with Crippen LogP contribution in [0.25, 0.3) is 21.1 Å². The van der Waals surface area contributed by atoms with Crippen molar-refractivity contribution in [3.63, 3.8) is 0 Å². The molecule has 166 valence electrons. The number of carbonyl (C=O) groups is 3. The molecule has 9 nitrogen and oxygen atoms in total. The van der Waals surface area contributed by atoms with Gasteiger partial charge in [0.1, 0.15) is 11.9 Å². The van der Waals surface area contributed by atoms with Crippen molar-refractivity contribution in [1.29, 1.82) is 0 Å². The first kappa shape index (κ1) is 21.4. The lowest BCUT2D eigenvalue weighted by atomic mass is 10.1. The van der Waals surface area contributed by atoms with Crippen LogP contribution in [0.1, 0.15) is 35.1 Å². The van der Waals surface area contributed by atoms with Gasteiger partial charge >= 0.3 is 0 Å². The number of aryl methyl sites for hydroxylation is 1. The van der Waals surface area contributed by atoms with Crippen LogP contribution in [0.2, 0.25) is 0 Å². The van der Waals surface area contributed by atoms with Crippen LogP contribution < -0.4 is 16.2 Å². The number of anilines is 1. The number of hydrogen-bond donors (Lipinski definition) is 2. The van der Waals surface area contributed by atoms with E-state index < -0.39 is 23.4 Å². The van der Waals surface area contributed by atoms with Gasteiger partial charge in [0.2, 0.25) is 11.8 Å². The molecule has 0 saturated carbocycles. The first-order valence-electron chi connectivity index (χ1n) is 10.0. The number of imide groups is 1. The van der Waals surface area contributed by atoms with E-state index in [9.17, 15) is 19.2 Å². The molecule has 2 N–H and O–H groups in total. The molecule has 1 aliphatic rings. The molecule has 1 atom stereocenters. The van der Waals surface area contributed by atoms with Crippen molar-refractivity contribution in [2.45, 2.75) is 25.8 Å². The molecule has 0 radical (unpaired) electrons. The second-order valence-electron chi connectivity index (χ2n) is 7.61. The lowest BCUT2D eigenvalue weighted by Crippen LogP contribution is -2.45. The quantitative estimate of drug-likeness (QED) is 0.395. The van der Waals surface area contributed by atoms with Crippen LogP contribution in [-0.2, 0) is 9.59 Å². The Morgan fingerprint density at radius 3 is 2.88 bits per heavy atom. The molecule has 1 saturated heterocycles. The Hall–Kier alpha value is -3.44. The van der Waals surface area contributed by atoms with Gasteiger partial charge in [0.05, 0.1) is 37.9 Å². The van der Waals surface area contributed by atoms with Crippen molar-refractivity contribution in [1.82, 2.24) is 19.9 Å². The fourth-order valence-corrected chi connectivity index (χ4v) is 5.40. The zero-order valence-electron chi connectivity index (χ0n) is 17.2. The summed E-state index contributed by atoms with van der Waals surface area (Å²) in [7, 11) is 0. The molecule has 3 heterocycles. The van der Waals surface area contributed by atoms with Crippen molar-refractivity contribution in [3.8, 4) is 0 Å². The molecular formula is C22H16BrN5O4S. The molecular weight excluding hydrogens is 510 g/mol. The highest BCUT2D eigenvalue weighted by Crippen LogP contribution is 2.28. The highest BCUT2D eigenvalue weighted by atomic mass is 79.9. The minimum absolute atomic E-state index is 0.130. The average Bonchev–Trinajstić information content (AvgIpc) is 3.22. The number of piperidine rings is 1. The molecule has 1 aliphatic heterocycles. The van der Waals surface area contributed by atoms with Gasteiger partial charge in [-0.1, -0.05) is 22.0 Å². The summed E-state index contributed by atoms with van der Waals surface area (Å²) < 4.78 is 2.88. The molecule has 0 aliphatic carbocycles. The topological polar surface area (TPSA) is 123 Å². The number of carbonyl (C=O) groups excluding carboxylic acids is 3. The number of halogens is 1. The van der Waals surface area contributed by atoms with E-state index in [1.807, 2.05) is 6.07 Å². The minimum atomic E-state index is -0.851. The lowest BCUT2D eigenvalue weighted by Gasteiger charge is -2.24. The summed E-state index contributed by atoms with van der Waals surface area (Å²) in [6, 6.07) is 7.69. The standard InChI is InChI=1S/C22H16BrN5O4S/c1-10-25-13-3-2-4-14(18(13)22(32)28(10)15-5-6-17(29)27-21(15)31)26-20(30)12-7-11(23)8-16-19(12)24-9-33-16/h2-4,7-9,15H,5-6H2,1H3,(H,26,30)(H,27,29,31). The molecule has 2 aromatic carbocycles. The maximum Gasteiger partial charge on any atom is 0.264 e. The Morgan fingerprint density at radius 1 is 1.27 bits per heavy atom. The van der Waals surface area contributed by atoms with Gasteiger partial charge in [0, 0.05) is 10.9 Å². The largest absolute Gasteiger partial charge is 0.321 e. The van der Waals surface area contributed by atoms with Crippen LogP contribution in [0.5, 0.6) is 0 Å². The Balaban J connectivity index is 1.61. The number of hydrogen-bond acceptors (Lipinski definition) is 7. The predicted molar refractivity (Wildman–Crippen MR) is 127 cm³/mol. The van der Waals surface area contributed by atoms with E-state index in [1.165, 1.54) is 15.9 Å². The molecule has 1 unspecified atom stereocenters. The number of benzene rings is 2. The summed E-state index contributed by atoms with van der Waals surface area (Å²) in [5, 5.41) is 5.27. The second kappa shape index (κ2) is 8.16. The van der Waals surface area contributed by atoms with Gasteiger partial charge in [0.25, 0.3) is 11.5 Å². The molecule has 3 amide bonds. The van der Waals surface area contributed by atoms with Gasteiger partial charge in [-0.25, -0.2) is 9.97 Å². The van der Waals surface area contributed by atoms with Crippen LogP contribution >= 0.6 is 27.3 Å². The van der Waals surface area contributed by atoms with Crippen LogP contribution in [0, 0.1) is 6.92 Å². The van der Waals surface area contributed by atoms with Gasteiger partial charge in [-0.2, -0.15) is 0 Å². The zero-order valence-corrected chi connectivity index (χ0v) is 19.6. The van der Waals surface area contributed by atoms with E-state index in [0.717, 1.165) is 9.17 Å². The van der Waals surface area contributed by atoms with Crippen LogP contribution in [0.3, 0.4) is 0 Å². The highest BCUT2D eigenvalue weighted by Gasteiger charge is 2.31. The summed E-state index contributed by atoms with van der Waals surface area (Å²) in [4.78, 5) is 59.5. The number of nitrogens with one attached hydrogen (secondary N) is 2. The zero-order chi connectivity index (χ0) is 23.3.